The van der Waals surface area contributed by atoms with Gasteiger partial charge in [-0.05, 0) is 6.92 Å². The van der Waals surface area contributed by atoms with Crippen molar-refractivity contribution in [3.63, 3.8) is 0 Å². The van der Waals surface area contributed by atoms with Crippen molar-refractivity contribution in [3.05, 3.63) is 11.5 Å². The molecule has 108 valence electrons. The SMILES string of the molecule is CCNS(=O)(=O)CCn1c(C)nc(C(=O)OC)c1N. The lowest BCUT2D eigenvalue weighted by atomic mass is 10.4. The summed E-state index contributed by atoms with van der Waals surface area (Å²) in [6.07, 6.45) is 0. The Morgan fingerprint density at radius 1 is 1.53 bits per heavy atom. The van der Waals surface area contributed by atoms with Crippen molar-refractivity contribution in [1.82, 2.24) is 14.3 Å². The standard InChI is InChI=1S/C10H18N4O4S/c1-4-12-19(16,17)6-5-14-7(2)13-8(9(14)11)10(15)18-3/h12H,4-6,11H2,1-3H3. The van der Waals surface area contributed by atoms with Crippen molar-refractivity contribution in [2.45, 2.75) is 20.4 Å². The number of nitrogens with one attached hydrogen (secondary N) is 1. The number of nitrogens with zero attached hydrogens (tertiary/aromatic N) is 2. The average molecular weight is 290 g/mol. The maximum absolute atomic E-state index is 11.5. The van der Waals surface area contributed by atoms with Gasteiger partial charge < -0.3 is 15.0 Å². The van der Waals surface area contributed by atoms with Crippen molar-refractivity contribution in [2.75, 3.05) is 25.1 Å². The number of rotatable bonds is 6. The Hall–Kier alpha value is -1.61. The molecule has 0 aliphatic rings. The normalized spacial score (nSPS) is 11.5. The van der Waals surface area contributed by atoms with E-state index in [2.05, 4.69) is 14.4 Å². The zero-order valence-corrected chi connectivity index (χ0v) is 12.0. The van der Waals surface area contributed by atoms with E-state index in [4.69, 9.17) is 5.73 Å². The molecular weight excluding hydrogens is 272 g/mol. The molecule has 0 bridgehead atoms. The Labute approximate surface area is 112 Å². The molecule has 0 spiro atoms. The highest BCUT2D eigenvalue weighted by molar-refractivity contribution is 7.89. The first kappa shape index (κ1) is 15.4. The molecule has 0 saturated heterocycles. The minimum atomic E-state index is -3.35. The average Bonchev–Trinajstić information content (AvgIpc) is 2.61. The van der Waals surface area contributed by atoms with Gasteiger partial charge >= 0.3 is 5.97 Å². The molecule has 0 aromatic carbocycles. The summed E-state index contributed by atoms with van der Waals surface area (Å²) in [6.45, 7) is 3.79. The zero-order valence-electron chi connectivity index (χ0n) is 11.1. The molecule has 0 amide bonds. The Morgan fingerprint density at radius 2 is 2.16 bits per heavy atom. The summed E-state index contributed by atoms with van der Waals surface area (Å²) in [6, 6.07) is 0. The van der Waals surface area contributed by atoms with Gasteiger partial charge in [-0.15, -0.1) is 0 Å². The predicted octanol–water partition coefficient (Wildman–Crippen LogP) is -0.500. The third-order valence-corrected chi connectivity index (χ3v) is 3.97. The summed E-state index contributed by atoms with van der Waals surface area (Å²) >= 11 is 0. The fourth-order valence-electron chi connectivity index (χ4n) is 1.61. The van der Waals surface area contributed by atoms with Gasteiger partial charge in [0.1, 0.15) is 11.6 Å². The number of carbonyl (C=O) groups is 1. The molecule has 0 radical (unpaired) electrons. The molecule has 3 N–H and O–H groups in total. The number of ether oxygens (including phenoxy) is 1. The van der Waals surface area contributed by atoms with Crippen LogP contribution in [0.4, 0.5) is 5.82 Å². The number of methoxy groups -OCH3 is 1. The smallest absolute Gasteiger partial charge is 0.360 e. The van der Waals surface area contributed by atoms with Crippen LogP contribution >= 0.6 is 0 Å². The highest BCUT2D eigenvalue weighted by Gasteiger charge is 2.20. The first-order chi connectivity index (χ1) is 8.82. The number of anilines is 1. The van der Waals surface area contributed by atoms with Gasteiger partial charge in [-0.25, -0.2) is 22.9 Å². The molecule has 0 aliphatic heterocycles. The first-order valence-electron chi connectivity index (χ1n) is 5.70. The summed E-state index contributed by atoms with van der Waals surface area (Å²) in [5, 5.41) is 0. The number of aromatic nitrogens is 2. The molecule has 0 saturated carbocycles. The predicted molar refractivity (Wildman–Crippen MR) is 70.2 cm³/mol. The van der Waals surface area contributed by atoms with E-state index in [0.717, 1.165) is 0 Å². The number of nitrogen functional groups attached to an aromatic ring is 1. The Kier molecular flexibility index (Phi) is 4.90. The number of nitrogens with two attached hydrogens (primary N) is 1. The molecular formula is C10H18N4O4S. The van der Waals surface area contributed by atoms with Gasteiger partial charge in [0.25, 0.3) is 0 Å². The van der Waals surface area contributed by atoms with Crippen LogP contribution in [-0.4, -0.2) is 43.3 Å². The van der Waals surface area contributed by atoms with E-state index in [-0.39, 0.29) is 23.8 Å². The highest BCUT2D eigenvalue weighted by Crippen LogP contribution is 2.15. The van der Waals surface area contributed by atoms with Crippen LogP contribution in [0.3, 0.4) is 0 Å². The molecule has 0 aliphatic carbocycles. The molecule has 8 nitrogen and oxygen atoms in total. The lowest BCUT2D eigenvalue weighted by molar-refractivity contribution is 0.0595. The summed E-state index contributed by atoms with van der Waals surface area (Å²) in [5.74, 6) is -0.211. The number of esters is 1. The number of sulfonamides is 1. The van der Waals surface area contributed by atoms with Gasteiger partial charge in [0.15, 0.2) is 5.69 Å². The lowest BCUT2D eigenvalue weighted by Crippen LogP contribution is -2.28. The summed E-state index contributed by atoms with van der Waals surface area (Å²) < 4.78 is 31.5. The number of imidazole rings is 1. The van der Waals surface area contributed by atoms with E-state index < -0.39 is 16.0 Å². The quantitative estimate of drug-likeness (QED) is 0.682. The van der Waals surface area contributed by atoms with Crippen LogP contribution in [0, 0.1) is 6.92 Å². The van der Waals surface area contributed by atoms with E-state index >= 15 is 0 Å². The second-order valence-electron chi connectivity index (χ2n) is 3.85. The number of hydrogen-bond donors (Lipinski definition) is 2. The van der Waals surface area contributed by atoms with E-state index in [0.29, 0.717) is 12.4 Å². The van der Waals surface area contributed by atoms with Crippen molar-refractivity contribution in [2.24, 2.45) is 0 Å². The van der Waals surface area contributed by atoms with Gasteiger partial charge in [-0.1, -0.05) is 6.92 Å². The van der Waals surface area contributed by atoms with Crippen LogP contribution in [0.25, 0.3) is 0 Å². The van der Waals surface area contributed by atoms with E-state index in [9.17, 15) is 13.2 Å². The van der Waals surface area contributed by atoms with Gasteiger partial charge in [-0.3, -0.25) is 0 Å². The topological polar surface area (TPSA) is 116 Å². The molecule has 1 heterocycles. The fraction of sp³-hybridized carbons (Fsp3) is 0.600. The van der Waals surface area contributed by atoms with Crippen LogP contribution < -0.4 is 10.5 Å². The monoisotopic (exact) mass is 290 g/mol. The Morgan fingerprint density at radius 3 is 2.68 bits per heavy atom. The van der Waals surface area contributed by atoms with Crippen molar-refractivity contribution < 1.29 is 17.9 Å². The van der Waals surface area contributed by atoms with Crippen molar-refractivity contribution in [3.8, 4) is 0 Å². The zero-order chi connectivity index (χ0) is 14.6. The third-order valence-electron chi connectivity index (χ3n) is 2.52. The number of hydrogen-bond acceptors (Lipinski definition) is 6. The molecule has 0 fully saturated rings. The second kappa shape index (κ2) is 6.02. The van der Waals surface area contributed by atoms with Crippen LogP contribution in [0.15, 0.2) is 0 Å². The second-order valence-corrected chi connectivity index (χ2v) is 5.78. The maximum Gasteiger partial charge on any atom is 0.360 e. The minimum absolute atomic E-state index is 0.000786. The van der Waals surface area contributed by atoms with E-state index in [1.54, 1.807) is 13.8 Å². The molecule has 1 aromatic rings. The van der Waals surface area contributed by atoms with E-state index in [1.807, 2.05) is 0 Å². The Bertz CT molecular complexity index is 564. The first-order valence-corrected chi connectivity index (χ1v) is 7.35. The summed E-state index contributed by atoms with van der Waals surface area (Å²) in [4.78, 5) is 15.4. The van der Waals surface area contributed by atoms with Gasteiger partial charge in [-0.2, -0.15) is 0 Å². The number of aryl methyl sites for hydroxylation is 1. The van der Waals surface area contributed by atoms with E-state index in [1.165, 1.54) is 11.7 Å². The van der Waals surface area contributed by atoms with Crippen LogP contribution in [0.2, 0.25) is 0 Å². The van der Waals surface area contributed by atoms with Gasteiger partial charge in [0.05, 0.1) is 12.9 Å². The van der Waals surface area contributed by atoms with Crippen molar-refractivity contribution >= 4 is 21.8 Å². The molecule has 19 heavy (non-hydrogen) atoms. The lowest BCUT2D eigenvalue weighted by Gasteiger charge is -2.08. The van der Waals surface area contributed by atoms with Crippen molar-refractivity contribution in [1.29, 1.82) is 0 Å². The largest absolute Gasteiger partial charge is 0.464 e. The van der Waals surface area contributed by atoms with Crippen LogP contribution in [0.1, 0.15) is 23.2 Å². The molecule has 0 unspecified atom stereocenters. The van der Waals surface area contributed by atoms with Crippen LogP contribution in [-0.2, 0) is 21.3 Å². The number of carbonyl (C=O) groups excluding carboxylic acids is 1. The Balaban J connectivity index is 2.91. The van der Waals surface area contributed by atoms with Crippen LogP contribution in [0.5, 0.6) is 0 Å². The molecule has 9 heteroatoms. The minimum Gasteiger partial charge on any atom is -0.464 e. The molecule has 0 atom stereocenters. The maximum atomic E-state index is 11.5. The summed E-state index contributed by atoms with van der Waals surface area (Å²) in [7, 11) is -2.12. The fourth-order valence-corrected chi connectivity index (χ4v) is 2.62. The highest BCUT2D eigenvalue weighted by atomic mass is 32.2. The van der Waals surface area contributed by atoms with Gasteiger partial charge in [0.2, 0.25) is 10.0 Å². The molecule has 1 rings (SSSR count). The summed E-state index contributed by atoms with van der Waals surface area (Å²) in [5.41, 5.74) is 5.77. The van der Waals surface area contributed by atoms with Gasteiger partial charge in [0, 0.05) is 13.1 Å². The molecule has 1 aromatic heterocycles. The third kappa shape index (κ3) is 3.67.